The molecule has 0 aliphatic heterocycles. The lowest BCUT2D eigenvalue weighted by Crippen LogP contribution is -2.00. The third-order valence-electron chi connectivity index (χ3n) is 2.64. The number of aliphatic carboxylic acids is 1. The zero-order valence-electron chi connectivity index (χ0n) is 10.3. The normalized spacial score (nSPS) is 11.1. The average Bonchev–Trinajstić information content (AvgIpc) is 2.45. The Morgan fingerprint density at radius 3 is 2.60 bits per heavy atom. The van der Waals surface area contributed by atoms with Crippen LogP contribution in [-0.4, -0.2) is 21.0 Å². The molecule has 0 amide bonds. The van der Waals surface area contributed by atoms with Crippen LogP contribution in [0.1, 0.15) is 11.1 Å². The molecule has 100 valence electrons. The van der Waals surface area contributed by atoms with Crippen molar-refractivity contribution in [1.29, 1.82) is 0 Å². The lowest BCUT2D eigenvalue weighted by molar-refractivity contribution is -0.385. The first-order valence-electron chi connectivity index (χ1n) is 5.68. The molecular weight excluding hydrogens is 260 g/mol. The van der Waals surface area contributed by atoms with Gasteiger partial charge in [-0.1, -0.05) is 18.2 Å². The smallest absolute Gasteiger partial charge is 0.336 e. The largest absolute Gasteiger partial charge is 0.478 e. The first-order chi connectivity index (χ1) is 9.59. The zero-order chi connectivity index (χ0) is 14.5. The van der Waals surface area contributed by atoms with E-state index in [4.69, 9.17) is 0 Å². The van der Waals surface area contributed by atoms with Crippen LogP contribution in [0.15, 0.2) is 48.8 Å². The Morgan fingerprint density at radius 2 is 2.00 bits per heavy atom. The van der Waals surface area contributed by atoms with Gasteiger partial charge >= 0.3 is 5.97 Å². The molecule has 0 fully saturated rings. The zero-order valence-corrected chi connectivity index (χ0v) is 10.3. The number of rotatable bonds is 4. The molecule has 0 radical (unpaired) electrons. The predicted octanol–water partition coefficient (Wildman–Crippen LogP) is 2.62. The van der Waals surface area contributed by atoms with Crippen molar-refractivity contribution in [2.45, 2.75) is 0 Å². The number of pyridine rings is 1. The van der Waals surface area contributed by atoms with E-state index in [0.717, 1.165) is 0 Å². The van der Waals surface area contributed by atoms with Crippen LogP contribution in [0, 0.1) is 10.1 Å². The van der Waals surface area contributed by atoms with Crippen LogP contribution in [0.25, 0.3) is 11.6 Å². The Hall–Kier alpha value is -3.02. The van der Waals surface area contributed by atoms with Gasteiger partial charge in [-0.05, 0) is 18.2 Å². The summed E-state index contributed by atoms with van der Waals surface area (Å²) in [5.74, 6) is -1.17. The number of nitro benzene ring substituents is 1. The molecule has 6 heteroatoms. The van der Waals surface area contributed by atoms with E-state index in [1.165, 1.54) is 36.7 Å². The molecule has 6 nitrogen and oxygen atoms in total. The summed E-state index contributed by atoms with van der Waals surface area (Å²) < 4.78 is 0. The van der Waals surface area contributed by atoms with Crippen molar-refractivity contribution in [1.82, 2.24) is 4.98 Å². The van der Waals surface area contributed by atoms with Crippen molar-refractivity contribution in [2.75, 3.05) is 0 Å². The van der Waals surface area contributed by atoms with E-state index in [1.807, 2.05) is 0 Å². The van der Waals surface area contributed by atoms with Crippen molar-refractivity contribution in [3.8, 4) is 0 Å². The second-order valence-corrected chi connectivity index (χ2v) is 3.92. The van der Waals surface area contributed by atoms with E-state index in [0.29, 0.717) is 5.56 Å². The summed E-state index contributed by atoms with van der Waals surface area (Å²) in [6.07, 6.45) is 4.19. The van der Waals surface area contributed by atoms with Crippen LogP contribution >= 0.6 is 0 Å². The molecule has 1 aromatic heterocycles. The van der Waals surface area contributed by atoms with Crippen LogP contribution in [0.2, 0.25) is 0 Å². The number of carboxylic acids is 1. The van der Waals surface area contributed by atoms with E-state index in [9.17, 15) is 20.0 Å². The van der Waals surface area contributed by atoms with Crippen LogP contribution in [0.4, 0.5) is 5.69 Å². The number of aromatic nitrogens is 1. The van der Waals surface area contributed by atoms with Gasteiger partial charge in [0.05, 0.1) is 16.1 Å². The maximum atomic E-state index is 11.3. The maximum absolute atomic E-state index is 11.3. The van der Waals surface area contributed by atoms with Gasteiger partial charge in [0.25, 0.3) is 5.69 Å². The Kier molecular flexibility index (Phi) is 3.85. The van der Waals surface area contributed by atoms with Gasteiger partial charge in [0.2, 0.25) is 0 Å². The van der Waals surface area contributed by atoms with Crippen LogP contribution < -0.4 is 0 Å². The lowest BCUT2D eigenvalue weighted by atomic mass is 10.0. The number of hydrogen-bond acceptors (Lipinski definition) is 4. The Labute approximate surface area is 114 Å². The van der Waals surface area contributed by atoms with Crippen LogP contribution in [0.3, 0.4) is 0 Å². The Morgan fingerprint density at radius 1 is 1.25 bits per heavy atom. The SMILES string of the molecule is O=C(O)/C(=C/c1ccccc1[N+](=O)[O-])c1cccnc1. The molecule has 2 rings (SSSR count). The monoisotopic (exact) mass is 270 g/mol. The Balaban J connectivity index is 2.56. The first-order valence-corrected chi connectivity index (χ1v) is 5.68. The van der Waals surface area contributed by atoms with Crippen molar-refractivity contribution in [3.05, 3.63) is 70.0 Å². The van der Waals surface area contributed by atoms with E-state index in [1.54, 1.807) is 18.2 Å². The van der Waals surface area contributed by atoms with Gasteiger partial charge in [-0.2, -0.15) is 0 Å². The third kappa shape index (κ3) is 2.86. The first kappa shape index (κ1) is 13.4. The molecule has 0 unspecified atom stereocenters. The summed E-state index contributed by atoms with van der Waals surface area (Å²) in [6, 6.07) is 9.15. The summed E-state index contributed by atoms with van der Waals surface area (Å²) in [5, 5.41) is 20.2. The summed E-state index contributed by atoms with van der Waals surface area (Å²) in [6.45, 7) is 0. The summed E-state index contributed by atoms with van der Waals surface area (Å²) in [4.78, 5) is 25.5. The highest BCUT2D eigenvalue weighted by molar-refractivity contribution is 6.20. The molecule has 1 heterocycles. The molecule has 0 saturated carbocycles. The number of nitrogens with zero attached hydrogens (tertiary/aromatic N) is 2. The number of para-hydroxylation sites is 1. The molecule has 0 atom stereocenters. The minimum Gasteiger partial charge on any atom is -0.478 e. The minimum absolute atomic E-state index is 0.0487. The molecule has 0 aliphatic carbocycles. The van der Waals surface area contributed by atoms with Crippen molar-refractivity contribution < 1.29 is 14.8 Å². The molecule has 0 spiro atoms. The van der Waals surface area contributed by atoms with Crippen LogP contribution in [0.5, 0.6) is 0 Å². The quantitative estimate of drug-likeness (QED) is 0.523. The number of carboxylic acid groups (broad SMARTS) is 1. The average molecular weight is 270 g/mol. The van der Waals surface area contributed by atoms with E-state index < -0.39 is 10.9 Å². The standard InChI is InChI=1S/C14H10N2O4/c17-14(18)12(11-5-3-7-15-9-11)8-10-4-1-2-6-13(10)16(19)20/h1-9H,(H,17,18)/b12-8+. The van der Waals surface area contributed by atoms with Gasteiger partial charge in [0, 0.05) is 24.0 Å². The number of hydrogen-bond donors (Lipinski definition) is 1. The molecule has 1 aromatic carbocycles. The van der Waals surface area contributed by atoms with E-state index >= 15 is 0 Å². The van der Waals surface area contributed by atoms with Gasteiger partial charge in [0.15, 0.2) is 0 Å². The Bertz CT molecular complexity index is 681. The third-order valence-corrected chi connectivity index (χ3v) is 2.64. The number of nitro groups is 1. The topological polar surface area (TPSA) is 93.3 Å². The molecular formula is C14H10N2O4. The number of benzene rings is 1. The molecule has 0 bridgehead atoms. The van der Waals surface area contributed by atoms with Gasteiger partial charge in [-0.3, -0.25) is 15.1 Å². The summed E-state index contributed by atoms with van der Waals surface area (Å²) >= 11 is 0. The maximum Gasteiger partial charge on any atom is 0.336 e. The minimum atomic E-state index is -1.17. The number of carbonyl (C=O) groups is 1. The fourth-order valence-corrected chi connectivity index (χ4v) is 1.72. The molecule has 1 N–H and O–H groups in total. The highest BCUT2D eigenvalue weighted by Gasteiger charge is 2.15. The van der Waals surface area contributed by atoms with Gasteiger partial charge in [0.1, 0.15) is 0 Å². The van der Waals surface area contributed by atoms with Crippen LogP contribution in [-0.2, 0) is 4.79 Å². The van der Waals surface area contributed by atoms with E-state index in [2.05, 4.69) is 4.98 Å². The molecule has 0 saturated heterocycles. The second kappa shape index (κ2) is 5.75. The molecule has 20 heavy (non-hydrogen) atoms. The van der Waals surface area contributed by atoms with Crippen molar-refractivity contribution >= 4 is 23.3 Å². The van der Waals surface area contributed by atoms with Gasteiger partial charge in [-0.25, -0.2) is 4.79 Å². The van der Waals surface area contributed by atoms with E-state index in [-0.39, 0.29) is 16.8 Å². The molecule has 2 aromatic rings. The summed E-state index contributed by atoms with van der Waals surface area (Å²) in [7, 11) is 0. The van der Waals surface area contributed by atoms with Gasteiger partial charge in [-0.15, -0.1) is 0 Å². The highest BCUT2D eigenvalue weighted by Crippen LogP contribution is 2.24. The molecule has 0 aliphatic rings. The predicted molar refractivity (Wildman–Crippen MR) is 72.8 cm³/mol. The fraction of sp³-hybridized carbons (Fsp3) is 0. The van der Waals surface area contributed by atoms with Gasteiger partial charge < -0.3 is 5.11 Å². The second-order valence-electron chi connectivity index (χ2n) is 3.92. The van der Waals surface area contributed by atoms with Crippen molar-refractivity contribution in [2.24, 2.45) is 0 Å². The highest BCUT2D eigenvalue weighted by atomic mass is 16.6. The fourth-order valence-electron chi connectivity index (χ4n) is 1.72. The summed E-state index contributed by atoms with van der Waals surface area (Å²) in [5.41, 5.74) is 0.430. The lowest BCUT2D eigenvalue weighted by Gasteiger charge is -2.03. The van der Waals surface area contributed by atoms with Crippen molar-refractivity contribution in [3.63, 3.8) is 0 Å².